The summed E-state index contributed by atoms with van der Waals surface area (Å²) < 4.78 is 13.4. The number of para-hydroxylation sites is 3. The Morgan fingerprint density at radius 3 is 1.61 bits per heavy atom. The molecular weight excluding hydrogens is 851 g/mol. The Bertz CT molecular complexity index is 4130. The molecule has 0 amide bonds. The Hall–Kier alpha value is -9.18. The molecule has 3 heteroatoms. The van der Waals surface area contributed by atoms with Gasteiger partial charge in [0.1, 0.15) is 22.7 Å². The molecule has 1 unspecified atom stereocenters. The second kappa shape index (κ2) is 14.9. The van der Waals surface area contributed by atoms with Crippen LogP contribution in [-0.2, 0) is 5.41 Å². The first-order valence-electron chi connectivity index (χ1n) is 24.1. The molecule has 3 aliphatic rings. The van der Waals surface area contributed by atoms with Gasteiger partial charge < -0.3 is 14.1 Å². The van der Waals surface area contributed by atoms with Crippen molar-refractivity contribution in [2.75, 3.05) is 4.90 Å². The average Bonchev–Trinajstić information content (AvgIpc) is 3.88. The van der Waals surface area contributed by atoms with E-state index in [0.29, 0.717) is 0 Å². The first kappa shape index (κ1) is 38.9. The SMILES string of the molecule is c1ccc(-c2ccccc2N(c2ccc3c(c2)-c2ccccc2-c2ccccc2O3)c2ccc3c(c2)-c2ccccc2-c2ccccc2C32c3ccccc3-c3c2ccc2oc4ccccc4c32)cc1. The first-order chi connectivity index (χ1) is 34.7. The Morgan fingerprint density at radius 2 is 0.829 bits per heavy atom. The fourth-order valence-electron chi connectivity index (χ4n) is 12.3. The summed E-state index contributed by atoms with van der Waals surface area (Å²) in [4.78, 5) is 2.45. The summed E-state index contributed by atoms with van der Waals surface area (Å²) in [6.45, 7) is 0. The van der Waals surface area contributed by atoms with Crippen LogP contribution in [0.1, 0.15) is 22.3 Å². The van der Waals surface area contributed by atoms with Gasteiger partial charge in [-0.25, -0.2) is 0 Å². The summed E-state index contributed by atoms with van der Waals surface area (Å²) in [5.41, 5.74) is 23.3. The number of anilines is 3. The summed E-state index contributed by atoms with van der Waals surface area (Å²) in [6, 6.07) is 90.8. The Balaban J connectivity index is 1.04. The van der Waals surface area contributed by atoms with Crippen molar-refractivity contribution in [2.45, 2.75) is 5.41 Å². The van der Waals surface area contributed by atoms with Crippen LogP contribution in [0.2, 0.25) is 0 Å². The number of hydrogen-bond acceptors (Lipinski definition) is 3. The molecule has 12 aromatic rings. The number of rotatable bonds is 4. The van der Waals surface area contributed by atoms with Crippen LogP contribution in [0.4, 0.5) is 17.1 Å². The van der Waals surface area contributed by atoms with Crippen molar-refractivity contribution in [3.8, 4) is 78.3 Å². The highest BCUT2D eigenvalue weighted by Gasteiger charge is 2.50. The van der Waals surface area contributed by atoms with E-state index in [1.165, 1.54) is 55.6 Å². The van der Waals surface area contributed by atoms with Crippen LogP contribution in [0, 0.1) is 0 Å². The quantitative estimate of drug-likeness (QED) is 0.176. The lowest BCUT2D eigenvalue weighted by Crippen LogP contribution is -2.29. The molecule has 1 aliphatic heterocycles. The van der Waals surface area contributed by atoms with Crippen molar-refractivity contribution >= 4 is 39.0 Å². The molecular formula is C67H41NO2. The van der Waals surface area contributed by atoms with E-state index in [9.17, 15) is 0 Å². The van der Waals surface area contributed by atoms with Crippen LogP contribution < -0.4 is 9.64 Å². The van der Waals surface area contributed by atoms with Crippen LogP contribution in [-0.4, -0.2) is 0 Å². The van der Waals surface area contributed by atoms with Crippen molar-refractivity contribution in [1.82, 2.24) is 0 Å². The van der Waals surface area contributed by atoms with E-state index in [4.69, 9.17) is 9.15 Å². The number of furan rings is 1. The van der Waals surface area contributed by atoms with Gasteiger partial charge in [0.2, 0.25) is 0 Å². The third-order valence-electron chi connectivity index (χ3n) is 15.1. The maximum absolute atomic E-state index is 6.81. The van der Waals surface area contributed by atoms with Crippen LogP contribution in [0.25, 0.3) is 88.7 Å². The van der Waals surface area contributed by atoms with Crippen molar-refractivity contribution in [3.63, 3.8) is 0 Å². The lowest BCUT2D eigenvalue weighted by molar-refractivity contribution is 0.488. The van der Waals surface area contributed by atoms with Gasteiger partial charge in [-0.05, 0) is 127 Å². The Morgan fingerprint density at radius 1 is 0.314 bits per heavy atom. The summed E-state index contributed by atoms with van der Waals surface area (Å²) in [6.07, 6.45) is 0. The second-order valence-corrected chi connectivity index (χ2v) is 18.6. The average molecular weight is 892 g/mol. The van der Waals surface area contributed by atoms with E-state index in [1.54, 1.807) is 0 Å². The van der Waals surface area contributed by atoms with Gasteiger partial charge in [0.05, 0.1) is 11.1 Å². The third-order valence-corrected chi connectivity index (χ3v) is 15.1. The van der Waals surface area contributed by atoms with Crippen LogP contribution in [0.15, 0.2) is 253 Å². The maximum Gasteiger partial charge on any atom is 0.136 e. The highest BCUT2D eigenvalue weighted by Crippen LogP contribution is 2.64. The maximum atomic E-state index is 6.81. The molecule has 0 radical (unpaired) electrons. The van der Waals surface area contributed by atoms with E-state index in [0.717, 1.165) is 83.9 Å². The van der Waals surface area contributed by atoms with Crippen molar-refractivity contribution in [2.24, 2.45) is 0 Å². The van der Waals surface area contributed by atoms with E-state index < -0.39 is 5.41 Å². The topological polar surface area (TPSA) is 25.6 Å². The molecule has 70 heavy (non-hydrogen) atoms. The molecule has 1 aromatic heterocycles. The molecule has 1 atom stereocenters. The minimum atomic E-state index is -0.672. The fourth-order valence-corrected chi connectivity index (χ4v) is 12.3. The lowest BCUT2D eigenvalue weighted by Gasteiger charge is -2.36. The predicted octanol–water partition coefficient (Wildman–Crippen LogP) is 18.2. The minimum Gasteiger partial charge on any atom is -0.456 e. The zero-order valence-corrected chi connectivity index (χ0v) is 37.9. The summed E-state index contributed by atoms with van der Waals surface area (Å²) in [5, 5.41) is 2.29. The van der Waals surface area contributed by atoms with Gasteiger partial charge in [-0.15, -0.1) is 0 Å². The fraction of sp³-hybridized carbons (Fsp3) is 0.0149. The predicted molar refractivity (Wildman–Crippen MR) is 287 cm³/mol. The minimum absolute atomic E-state index is 0.672. The Kier molecular flexibility index (Phi) is 8.28. The number of benzene rings is 11. The standard InChI is InChI=1S/C67H41NO2/c1-2-18-42(19-3-1)45-20-10-15-31-60(45)68(44-35-38-63-55(41-44)49-24-7-5-22-47(49)51-26-11-16-32-61(51)69-63)43-34-36-58-54(40-43)48-23-6-4-21-46(48)50-25-8-13-29-56(50)67(58)57-30-14-9-27-52(57)65-59(67)37-39-64-66(65)53-28-12-17-33-62(53)70-64/h1-41H. The molecule has 1 spiro atoms. The van der Waals surface area contributed by atoms with Gasteiger partial charge >= 0.3 is 0 Å². The first-order valence-corrected chi connectivity index (χ1v) is 24.1. The molecule has 0 saturated heterocycles. The summed E-state index contributed by atoms with van der Waals surface area (Å²) in [5.74, 6) is 1.68. The molecule has 2 aliphatic carbocycles. The number of fused-ring (bicyclic) bond motifs is 21. The number of nitrogens with zero attached hydrogens (tertiary/aromatic N) is 1. The molecule has 326 valence electrons. The molecule has 3 nitrogen and oxygen atoms in total. The van der Waals surface area contributed by atoms with Crippen LogP contribution >= 0.6 is 0 Å². The Labute approximate surface area is 405 Å². The van der Waals surface area contributed by atoms with Gasteiger partial charge in [-0.3, -0.25) is 0 Å². The molecule has 0 bridgehead atoms. The monoisotopic (exact) mass is 891 g/mol. The van der Waals surface area contributed by atoms with E-state index >= 15 is 0 Å². The highest BCUT2D eigenvalue weighted by atomic mass is 16.5. The number of ether oxygens (including phenoxy) is 1. The van der Waals surface area contributed by atoms with Crippen LogP contribution in [0.3, 0.4) is 0 Å². The number of hydrogen-bond donors (Lipinski definition) is 0. The molecule has 0 fully saturated rings. The van der Waals surface area contributed by atoms with Gasteiger partial charge in [-0.2, -0.15) is 0 Å². The van der Waals surface area contributed by atoms with Crippen molar-refractivity contribution < 1.29 is 9.15 Å². The molecule has 15 rings (SSSR count). The summed E-state index contributed by atoms with van der Waals surface area (Å²) >= 11 is 0. The van der Waals surface area contributed by atoms with Crippen molar-refractivity contribution in [3.05, 3.63) is 271 Å². The normalized spacial score (nSPS) is 14.5. The van der Waals surface area contributed by atoms with Gasteiger partial charge in [0.25, 0.3) is 0 Å². The van der Waals surface area contributed by atoms with Gasteiger partial charge in [0.15, 0.2) is 0 Å². The molecule has 0 N–H and O–H groups in total. The smallest absolute Gasteiger partial charge is 0.136 e. The molecule has 2 heterocycles. The third kappa shape index (κ3) is 5.40. The molecule has 11 aromatic carbocycles. The zero-order valence-electron chi connectivity index (χ0n) is 37.9. The largest absolute Gasteiger partial charge is 0.456 e. The van der Waals surface area contributed by atoms with E-state index in [1.807, 2.05) is 6.07 Å². The van der Waals surface area contributed by atoms with Gasteiger partial charge in [-0.1, -0.05) is 194 Å². The molecule has 0 saturated carbocycles. The van der Waals surface area contributed by atoms with Crippen LogP contribution in [0.5, 0.6) is 11.5 Å². The highest BCUT2D eigenvalue weighted by molar-refractivity contribution is 6.16. The van der Waals surface area contributed by atoms with E-state index in [-0.39, 0.29) is 0 Å². The lowest BCUT2D eigenvalue weighted by atomic mass is 9.66. The second-order valence-electron chi connectivity index (χ2n) is 18.6. The summed E-state index contributed by atoms with van der Waals surface area (Å²) in [7, 11) is 0. The van der Waals surface area contributed by atoms with Gasteiger partial charge in [0, 0.05) is 38.8 Å². The zero-order chi connectivity index (χ0) is 45.9. The van der Waals surface area contributed by atoms with Crippen molar-refractivity contribution in [1.29, 1.82) is 0 Å². The van der Waals surface area contributed by atoms with E-state index in [2.05, 4.69) is 248 Å².